The second-order valence-corrected chi connectivity index (χ2v) is 11.0. The van der Waals surface area contributed by atoms with Crippen LogP contribution in [-0.2, 0) is 47.2 Å². The molecular weight excluding hydrogens is 574 g/mol. The summed E-state index contributed by atoms with van der Waals surface area (Å²) in [7, 11) is 13.5. The van der Waals surface area contributed by atoms with E-state index >= 15 is 0 Å². The highest BCUT2D eigenvalue weighted by Gasteiger charge is 2.14. The maximum atomic E-state index is 9.13. The molecule has 44 heavy (non-hydrogen) atoms. The van der Waals surface area contributed by atoms with E-state index in [-0.39, 0.29) is 36.6 Å². The largest absolute Gasteiger partial charge is 0.443 e. The third-order valence-electron chi connectivity index (χ3n) is 6.16. The summed E-state index contributed by atoms with van der Waals surface area (Å²) >= 11 is 0. The third kappa shape index (κ3) is 33.0. The lowest BCUT2D eigenvalue weighted by molar-refractivity contribution is -0.0507. The fourth-order valence-electron chi connectivity index (χ4n) is 3.25. The lowest BCUT2D eigenvalue weighted by Gasteiger charge is -2.21. The summed E-state index contributed by atoms with van der Waals surface area (Å²) in [6.07, 6.45) is 2.01. The maximum Gasteiger partial charge on any atom is 0.283 e. The van der Waals surface area contributed by atoms with Gasteiger partial charge in [-0.15, -0.1) is 0 Å². The Labute approximate surface area is 269 Å². The number of hydrogen-bond acceptors (Lipinski definition) is 12. The molecule has 6 atom stereocenters. The zero-order valence-corrected chi connectivity index (χ0v) is 28.6. The van der Waals surface area contributed by atoms with Crippen LogP contribution in [0.2, 0.25) is 0 Å². The van der Waals surface area contributed by atoms with Crippen LogP contribution in [0.5, 0.6) is 0 Å². The van der Waals surface area contributed by atoms with Crippen LogP contribution in [0.1, 0.15) is 67.2 Å². The topological polar surface area (TPSA) is 133 Å². The van der Waals surface area contributed by atoms with Gasteiger partial charge >= 0.3 is 0 Å². The number of rotatable bonds is 30. The van der Waals surface area contributed by atoms with E-state index in [0.717, 1.165) is 25.7 Å². The molecule has 2 N–H and O–H groups in total. The van der Waals surface area contributed by atoms with Gasteiger partial charge < -0.3 is 57.4 Å². The molecule has 0 saturated carbocycles. The standard InChI is InChI=1S/C15H30B2O6.C15H32O6/c1-12(18-4)11-21-15(5-7-19-9-13(2)22-16)6-8-20-10-14(3)23-17;1-12(16)9-19-7-5-15(21-11-14(3)18-4)6-8-20-10-13(2)17/h12-15H,5-11H2,1-4H3;12-17H,5-11H2,1-4H3. The van der Waals surface area contributed by atoms with Crippen LogP contribution in [0.4, 0.5) is 0 Å². The Bertz CT molecular complexity index is 546. The Kier molecular flexibility index (Phi) is 33.9. The first kappa shape index (κ1) is 45.8. The van der Waals surface area contributed by atoms with Crippen molar-refractivity contribution in [3.05, 3.63) is 0 Å². The quantitative estimate of drug-likeness (QED) is 0.0885. The van der Waals surface area contributed by atoms with Gasteiger partial charge in [-0.05, 0) is 67.2 Å². The van der Waals surface area contributed by atoms with Crippen molar-refractivity contribution in [2.75, 3.05) is 80.3 Å². The Balaban J connectivity index is 0. The molecule has 260 valence electrons. The highest BCUT2D eigenvalue weighted by atomic mass is 16.5. The first-order valence-corrected chi connectivity index (χ1v) is 15.7. The van der Waals surface area contributed by atoms with Gasteiger partial charge in [0, 0.05) is 40.6 Å². The molecule has 0 aromatic carbocycles. The van der Waals surface area contributed by atoms with Crippen molar-refractivity contribution >= 4 is 16.1 Å². The fraction of sp³-hybridized carbons (Fsp3) is 1.00. The van der Waals surface area contributed by atoms with Crippen molar-refractivity contribution < 1.29 is 57.4 Å². The van der Waals surface area contributed by atoms with Crippen LogP contribution in [0.25, 0.3) is 0 Å². The van der Waals surface area contributed by atoms with E-state index in [4.69, 9.17) is 64.2 Å². The first-order valence-electron chi connectivity index (χ1n) is 15.7. The summed E-state index contributed by atoms with van der Waals surface area (Å²) in [6.45, 7) is 15.8. The average molecular weight is 636 g/mol. The number of aliphatic hydroxyl groups is 2. The normalized spacial score (nSPS) is 17.1. The molecule has 0 aliphatic carbocycles. The van der Waals surface area contributed by atoms with E-state index in [0.29, 0.717) is 66.1 Å². The maximum absolute atomic E-state index is 9.13. The number of aliphatic hydroxyl groups excluding tert-OH is 2. The molecular formula is C30H62B2O12. The summed E-state index contributed by atoms with van der Waals surface area (Å²) in [5.41, 5.74) is 0. The SMILES string of the molecule is COC(C)COC(CCOCC(C)O)CCOCC(C)O.[B]OC(C)COCCC(CCOCC(C)O[B])OCC(C)OC. The number of hydrogen-bond donors (Lipinski definition) is 2. The van der Waals surface area contributed by atoms with E-state index < -0.39 is 12.2 Å². The average Bonchev–Trinajstić information content (AvgIpc) is 3.01. The van der Waals surface area contributed by atoms with Gasteiger partial charge in [0.25, 0.3) is 16.1 Å². The Morgan fingerprint density at radius 3 is 1.00 bits per heavy atom. The van der Waals surface area contributed by atoms with Gasteiger partial charge in [-0.3, -0.25) is 0 Å². The molecule has 0 saturated heterocycles. The molecule has 14 heteroatoms. The number of ether oxygens (including phenoxy) is 8. The minimum Gasteiger partial charge on any atom is -0.443 e. The molecule has 0 bridgehead atoms. The van der Waals surface area contributed by atoms with E-state index in [1.54, 1.807) is 28.1 Å². The molecule has 6 unspecified atom stereocenters. The molecule has 0 aromatic heterocycles. The molecule has 0 heterocycles. The van der Waals surface area contributed by atoms with Gasteiger partial charge in [0.1, 0.15) is 0 Å². The smallest absolute Gasteiger partial charge is 0.283 e. The molecule has 0 amide bonds. The lowest BCUT2D eigenvalue weighted by Crippen LogP contribution is -2.25. The second-order valence-electron chi connectivity index (χ2n) is 11.0. The van der Waals surface area contributed by atoms with Gasteiger partial charge in [0.15, 0.2) is 0 Å². The van der Waals surface area contributed by atoms with Crippen LogP contribution in [-0.4, -0.2) is 155 Å². The molecule has 0 aromatic rings. The van der Waals surface area contributed by atoms with Crippen LogP contribution >= 0.6 is 0 Å². The van der Waals surface area contributed by atoms with E-state index in [1.165, 1.54) is 0 Å². The van der Waals surface area contributed by atoms with E-state index in [1.807, 2.05) is 27.7 Å². The Hall–Kier alpha value is -0.350. The molecule has 0 aliphatic rings. The monoisotopic (exact) mass is 636 g/mol. The van der Waals surface area contributed by atoms with Gasteiger partial charge in [0.05, 0.1) is 88.5 Å². The van der Waals surface area contributed by atoms with Crippen molar-refractivity contribution in [1.29, 1.82) is 0 Å². The molecule has 4 radical (unpaired) electrons. The summed E-state index contributed by atoms with van der Waals surface area (Å²) in [5.74, 6) is 0. The highest BCUT2D eigenvalue weighted by Crippen LogP contribution is 2.09. The van der Waals surface area contributed by atoms with Crippen molar-refractivity contribution in [3.63, 3.8) is 0 Å². The summed E-state index contributed by atoms with van der Waals surface area (Å²) in [4.78, 5) is 0. The van der Waals surface area contributed by atoms with Crippen LogP contribution < -0.4 is 0 Å². The summed E-state index contributed by atoms with van der Waals surface area (Å²) in [6, 6.07) is 0. The van der Waals surface area contributed by atoms with Crippen molar-refractivity contribution in [2.45, 2.75) is 116 Å². The Morgan fingerprint density at radius 2 is 0.750 bits per heavy atom. The predicted molar refractivity (Wildman–Crippen MR) is 170 cm³/mol. The van der Waals surface area contributed by atoms with Gasteiger partial charge in [-0.1, -0.05) is 0 Å². The van der Waals surface area contributed by atoms with Crippen LogP contribution in [0, 0.1) is 0 Å². The van der Waals surface area contributed by atoms with Gasteiger partial charge in [0.2, 0.25) is 0 Å². The van der Waals surface area contributed by atoms with Crippen LogP contribution in [0.15, 0.2) is 0 Å². The van der Waals surface area contributed by atoms with Crippen molar-refractivity contribution in [2.24, 2.45) is 0 Å². The van der Waals surface area contributed by atoms with Crippen LogP contribution in [0.3, 0.4) is 0 Å². The Morgan fingerprint density at radius 1 is 0.455 bits per heavy atom. The van der Waals surface area contributed by atoms with Crippen molar-refractivity contribution in [1.82, 2.24) is 0 Å². The lowest BCUT2D eigenvalue weighted by atomic mass is 10.2. The predicted octanol–water partition coefficient (Wildman–Crippen LogP) is 2.18. The van der Waals surface area contributed by atoms with E-state index in [2.05, 4.69) is 9.31 Å². The highest BCUT2D eigenvalue weighted by molar-refractivity contribution is 5.98. The first-order chi connectivity index (χ1) is 21.0. The molecule has 0 rings (SSSR count). The summed E-state index contributed by atoms with van der Waals surface area (Å²) < 4.78 is 53.1. The van der Waals surface area contributed by atoms with Gasteiger partial charge in [-0.25, -0.2) is 0 Å². The summed E-state index contributed by atoms with van der Waals surface area (Å²) in [5, 5.41) is 18.3. The molecule has 0 spiro atoms. The minimum atomic E-state index is -0.452. The minimum absolute atomic E-state index is 0.0191. The van der Waals surface area contributed by atoms with E-state index in [9.17, 15) is 0 Å². The van der Waals surface area contributed by atoms with Gasteiger partial charge in [-0.2, -0.15) is 0 Å². The zero-order valence-electron chi connectivity index (χ0n) is 28.6. The molecule has 12 nitrogen and oxygen atoms in total. The molecule has 0 aliphatic heterocycles. The van der Waals surface area contributed by atoms with Crippen molar-refractivity contribution in [3.8, 4) is 0 Å². The fourth-order valence-corrected chi connectivity index (χ4v) is 3.25. The third-order valence-corrected chi connectivity index (χ3v) is 6.16. The second kappa shape index (κ2) is 32.6. The molecule has 0 fully saturated rings. The number of methoxy groups -OCH3 is 2. The zero-order chi connectivity index (χ0) is 33.6.